The van der Waals surface area contributed by atoms with Crippen molar-refractivity contribution < 1.29 is 18.4 Å². The summed E-state index contributed by atoms with van der Waals surface area (Å²) in [6, 6.07) is 5.78. The Balaban J connectivity index is 2.25. The number of benzene rings is 1. The zero-order chi connectivity index (χ0) is 16.6. The van der Waals surface area contributed by atoms with E-state index >= 15 is 0 Å². The van der Waals surface area contributed by atoms with Crippen LogP contribution in [0.4, 0.5) is 4.39 Å². The van der Waals surface area contributed by atoms with Crippen LogP contribution in [0.2, 0.25) is 0 Å². The number of amides is 1. The molecule has 8 heteroatoms. The topological polar surface area (TPSA) is 103 Å². The van der Waals surface area contributed by atoms with Crippen molar-refractivity contribution in [3.8, 4) is 17.0 Å². The van der Waals surface area contributed by atoms with Crippen LogP contribution in [-0.4, -0.2) is 23.2 Å². The Morgan fingerprint density at radius 1 is 1.39 bits per heavy atom. The van der Waals surface area contributed by atoms with E-state index in [0.29, 0.717) is 16.8 Å². The summed E-state index contributed by atoms with van der Waals surface area (Å²) in [5.74, 6) is 4.51. The first-order chi connectivity index (χ1) is 11.0. The van der Waals surface area contributed by atoms with Crippen molar-refractivity contribution in [1.82, 2.24) is 15.6 Å². The van der Waals surface area contributed by atoms with Crippen LogP contribution in [0.1, 0.15) is 16.1 Å². The van der Waals surface area contributed by atoms with Crippen LogP contribution in [-0.2, 0) is 0 Å². The molecule has 0 saturated carbocycles. The van der Waals surface area contributed by atoms with Gasteiger partial charge in [-0.15, -0.1) is 0 Å². The number of ether oxygens (including phenoxy) is 1. The number of aromatic nitrogens is 2. The molecule has 118 valence electrons. The van der Waals surface area contributed by atoms with Gasteiger partial charge in [0.15, 0.2) is 0 Å². The molecule has 3 N–H and O–H groups in total. The summed E-state index contributed by atoms with van der Waals surface area (Å²) < 4.78 is 24.3. The van der Waals surface area contributed by atoms with Crippen molar-refractivity contribution in [3.63, 3.8) is 0 Å². The zero-order valence-electron chi connectivity index (χ0n) is 12.4. The highest BCUT2D eigenvalue weighted by Crippen LogP contribution is 2.29. The number of aryl methyl sites for hydroxylation is 1. The Morgan fingerprint density at radius 3 is 2.83 bits per heavy atom. The van der Waals surface area contributed by atoms with E-state index in [4.69, 9.17) is 15.1 Å². The molecule has 1 amide bonds. The number of nitrogens with zero attached hydrogens (tertiary/aromatic N) is 2. The van der Waals surface area contributed by atoms with Gasteiger partial charge < -0.3 is 9.26 Å². The van der Waals surface area contributed by atoms with E-state index in [1.165, 1.54) is 25.3 Å². The van der Waals surface area contributed by atoms with Crippen molar-refractivity contribution >= 4 is 17.0 Å². The highest BCUT2D eigenvalue weighted by atomic mass is 19.1. The smallest absolute Gasteiger partial charge is 0.266 e. The van der Waals surface area contributed by atoms with Gasteiger partial charge in [-0.3, -0.25) is 10.2 Å². The Labute approximate surface area is 130 Å². The largest absolute Gasteiger partial charge is 0.497 e. The lowest BCUT2D eigenvalue weighted by Crippen LogP contribution is -2.30. The van der Waals surface area contributed by atoms with Gasteiger partial charge in [-0.05, 0) is 25.1 Å². The minimum Gasteiger partial charge on any atom is -0.497 e. The standard InChI is InChI=1S/C15H13FN4O3/c1-7-13-10(14(21)19-17)6-12(18-15(13)23-20-7)9-4-3-8(22-2)5-11(9)16/h3-6H,17H2,1-2H3,(H,19,21). The summed E-state index contributed by atoms with van der Waals surface area (Å²) >= 11 is 0. The normalized spacial score (nSPS) is 10.8. The Bertz CT molecular complexity index is 907. The Morgan fingerprint density at radius 2 is 2.17 bits per heavy atom. The van der Waals surface area contributed by atoms with Gasteiger partial charge in [0.1, 0.15) is 11.6 Å². The fourth-order valence-corrected chi connectivity index (χ4v) is 2.32. The van der Waals surface area contributed by atoms with Gasteiger partial charge in [0.25, 0.3) is 11.6 Å². The number of hydrogen-bond donors (Lipinski definition) is 2. The second-order valence-electron chi connectivity index (χ2n) is 4.82. The maximum absolute atomic E-state index is 14.3. The predicted molar refractivity (Wildman–Crippen MR) is 80.1 cm³/mol. The minimum absolute atomic E-state index is 0.133. The molecule has 0 spiro atoms. The molecule has 0 unspecified atom stereocenters. The van der Waals surface area contributed by atoms with Gasteiger partial charge in [-0.2, -0.15) is 0 Å². The van der Waals surface area contributed by atoms with Crippen LogP contribution in [0.25, 0.3) is 22.4 Å². The Hall–Kier alpha value is -3.00. The maximum atomic E-state index is 14.3. The fraction of sp³-hybridized carbons (Fsp3) is 0.133. The lowest BCUT2D eigenvalue weighted by atomic mass is 10.0. The van der Waals surface area contributed by atoms with E-state index < -0.39 is 11.7 Å². The summed E-state index contributed by atoms with van der Waals surface area (Å²) in [5.41, 5.74) is 3.32. The van der Waals surface area contributed by atoms with E-state index in [-0.39, 0.29) is 22.5 Å². The van der Waals surface area contributed by atoms with Gasteiger partial charge in [0, 0.05) is 11.6 Å². The molecule has 1 aromatic carbocycles. The number of hydrogen-bond acceptors (Lipinski definition) is 6. The van der Waals surface area contributed by atoms with E-state index in [1.54, 1.807) is 13.0 Å². The third-order valence-electron chi connectivity index (χ3n) is 3.45. The van der Waals surface area contributed by atoms with Gasteiger partial charge in [-0.1, -0.05) is 5.16 Å². The van der Waals surface area contributed by atoms with Crippen LogP contribution >= 0.6 is 0 Å². The number of carbonyl (C=O) groups is 1. The first-order valence-electron chi connectivity index (χ1n) is 6.67. The lowest BCUT2D eigenvalue weighted by molar-refractivity contribution is 0.0955. The molecule has 0 bridgehead atoms. The van der Waals surface area contributed by atoms with Crippen LogP contribution in [0.5, 0.6) is 5.75 Å². The summed E-state index contributed by atoms with van der Waals surface area (Å²) in [4.78, 5) is 16.2. The summed E-state index contributed by atoms with van der Waals surface area (Å²) in [5, 5.41) is 4.22. The number of nitrogens with two attached hydrogens (primary N) is 1. The summed E-state index contributed by atoms with van der Waals surface area (Å²) in [7, 11) is 1.44. The van der Waals surface area contributed by atoms with Crippen molar-refractivity contribution in [2.75, 3.05) is 7.11 Å². The van der Waals surface area contributed by atoms with E-state index in [9.17, 15) is 9.18 Å². The minimum atomic E-state index is -0.543. The molecule has 0 fully saturated rings. The first kappa shape index (κ1) is 14.9. The summed E-state index contributed by atoms with van der Waals surface area (Å²) in [6.07, 6.45) is 0. The average molecular weight is 316 g/mol. The lowest BCUT2D eigenvalue weighted by Gasteiger charge is -2.07. The number of methoxy groups -OCH3 is 1. The molecule has 0 saturated heterocycles. The third kappa shape index (κ3) is 2.49. The van der Waals surface area contributed by atoms with Crippen LogP contribution < -0.4 is 16.0 Å². The molecule has 23 heavy (non-hydrogen) atoms. The van der Waals surface area contributed by atoms with Crippen molar-refractivity contribution in [3.05, 3.63) is 41.3 Å². The van der Waals surface area contributed by atoms with Gasteiger partial charge in [-0.25, -0.2) is 15.2 Å². The van der Waals surface area contributed by atoms with E-state index in [1.807, 2.05) is 0 Å². The first-order valence-corrected chi connectivity index (χ1v) is 6.67. The molecule has 2 aromatic heterocycles. The molecule has 0 aliphatic carbocycles. The molecule has 3 rings (SSSR count). The molecule has 3 aromatic rings. The van der Waals surface area contributed by atoms with Gasteiger partial charge in [0.2, 0.25) is 0 Å². The number of nitrogens with one attached hydrogen (secondary N) is 1. The van der Waals surface area contributed by atoms with Crippen LogP contribution in [0.15, 0.2) is 28.8 Å². The molecular formula is C15H13FN4O3. The van der Waals surface area contributed by atoms with E-state index in [0.717, 1.165) is 0 Å². The number of rotatable bonds is 3. The maximum Gasteiger partial charge on any atom is 0.266 e. The number of nitrogen functional groups attached to an aromatic ring is 1. The fourth-order valence-electron chi connectivity index (χ4n) is 2.32. The second-order valence-corrected chi connectivity index (χ2v) is 4.82. The highest BCUT2D eigenvalue weighted by Gasteiger charge is 2.20. The monoisotopic (exact) mass is 316 g/mol. The molecule has 0 radical (unpaired) electrons. The number of hydrazine groups is 1. The Kier molecular flexibility index (Phi) is 3.67. The van der Waals surface area contributed by atoms with Crippen molar-refractivity contribution in [1.29, 1.82) is 0 Å². The van der Waals surface area contributed by atoms with Gasteiger partial charge in [0.05, 0.1) is 29.4 Å². The van der Waals surface area contributed by atoms with Crippen LogP contribution in [0, 0.1) is 12.7 Å². The molecule has 7 nitrogen and oxygen atoms in total. The molecule has 0 aliphatic heterocycles. The predicted octanol–water partition coefficient (Wildman–Crippen LogP) is 1.95. The van der Waals surface area contributed by atoms with E-state index in [2.05, 4.69) is 15.6 Å². The summed E-state index contributed by atoms with van der Waals surface area (Å²) in [6.45, 7) is 1.68. The van der Waals surface area contributed by atoms with Crippen LogP contribution in [0.3, 0.4) is 0 Å². The highest BCUT2D eigenvalue weighted by molar-refractivity contribution is 6.06. The SMILES string of the molecule is COc1ccc(-c2cc(C(=O)NN)c3c(C)noc3n2)c(F)c1. The third-order valence-corrected chi connectivity index (χ3v) is 3.45. The molecular weight excluding hydrogens is 303 g/mol. The average Bonchev–Trinajstić information content (AvgIpc) is 2.94. The molecule has 0 aliphatic rings. The van der Waals surface area contributed by atoms with Gasteiger partial charge >= 0.3 is 0 Å². The number of halogens is 1. The second kappa shape index (κ2) is 5.65. The molecule has 2 heterocycles. The quantitative estimate of drug-likeness (QED) is 0.435. The molecule has 0 atom stereocenters. The number of fused-ring (bicyclic) bond motifs is 1. The van der Waals surface area contributed by atoms with Crippen molar-refractivity contribution in [2.24, 2.45) is 5.84 Å². The number of pyridine rings is 1. The zero-order valence-corrected chi connectivity index (χ0v) is 12.4. The number of carbonyl (C=O) groups excluding carboxylic acids is 1. The van der Waals surface area contributed by atoms with Crippen molar-refractivity contribution in [2.45, 2.75) is 6.92 Å².